The van der Waals surface area contributed by atoms with Crippen molar-refractivity contribution < 1.29 is 38.4 Å². The number of carboxylic acid groups (broad SMARTS) is 2. The van der Waals surface area contributed by atoms with Crippen LogP contribution in [0, 0.1) is 6.92 Å². The highest BCUT2D eigenvalue weighted by Gasteiger charge is 2.14. The number of carbonyl (C=O) groups is 2. The average molecular weight is 429 g/mol. The topological polar surface area (TPSA) is 145 Å². The van der Waals surface area contributed by atoms with Crippen LogP contribution in [0.25, 0.3) is 11.0 Å². The van der Waals surface area contributed by atoms with Gasteiger partial charge < -0.3 is 28.8 Å². The minimum absolute atomic E-state index is 0.0672. The summed E-state index contributed by atoms with van der Waals surface area (Å²) in [5.41, 5.74) is -0.0150. The molecule has 2 N–H and O–H groups in total. The number of aromatic nitrogens is 1. The fraction of sp³-hybridized carbons (Fsp3) is 0.238. The molecule has 0 saturated carbocycles. The summed E-state index contributed by atoms with van der Waals surface area (Å²) in [5.74, 6) is -2.12. The first-order chi connectivity index (χ1) is 14.8. The lowest BCUT2D eigenvalue weighted by molar-refractivity contribution is 0.0679. The number of hydrogen-bond acceptors (Lipinski definition) is 8. The van der Waals surface area contributed by atoms with Gasteiger partial charge in [-0.3, -0.25) is 0 Å². The molecule has 2 aromatic heterocycles. The second-order valence-electron chi connectivity index (χ2n) is 6.40. The van der Waals surface area contributed by atoms with Crippen molar-refractivity contribution in [1.82, 2.24) is 4.98 Å². The van der Waals surface area contributed by atoms with Gasteiger partial charge in [0.2, 0.25) is 0 Å². The second-order valence-corrected chi connectivity index (χ2v) is 6.40. The number of aryl methyl sites for hydroxylation is 1. The molecule has 3 aromatic rings. The van der Waals surface area contributed by atoms with Crippen molar-refractivity contribution in [3.63, 3.8) is 0 Å². The number of benzene rings is 1. The van der Waals surface area contributed by atoms with E-state index in [1.165, 1.54) is 6.07 Å². The molecule has 10 nitrogen and oxygen atoms in total. The van der Waals surface area contributed by atoms with Gasteiger partial charge in [-0.15, -0.1) is 0 Å². The van der Waals surface area contributed by atoms with Gasteiger partial charge in [-0.2, -0.15) is 0 Å². The van der Waals surface area contributed by atoms with E-state index in [1.807, 2.05) is 13.0 Å². The highest BCUT2D eigenvalue weighted by molar-refractivity contribution is 5.90. The van der Waals surface area contributed by atoms with Gasteiger partial charge in [-0.05, 0) is 24.6 Å². The number of nitrogens with zero attached hydrogens (tertiary/aromatic N) is 1. The lowest BCUT2D eigenvalue weighted by atomic mass is 10.1. The van der Waals surface area contributed by atoms with Crippen LogP contribution in [0.15, 0.2) is 45.6 Å². The fourth-order valence-corrected chi connectivity index (χ4v) is 2.74. The monoisotopic (exact) mass is 429 g/mol. The van der Waals surface area contributed by atoms with Crippen LogP contribution in [-0.4, -0.2) is 53.6 Å². The predicted octanol–water partition coefficient (Wildman–Crippen LogP) is 2.37. The van der Waals surface area contributed by atoms with Gasteiger partial charge in [0.25, 0.3) is 0 Å². The van der Waals surface area contributed by atoms with Crippen molar-refractivity contribution in [1.29, 1.82) is 0 Å². The van der Waals surface area contributed by atoms with Crippen LogP contribution in [0.1, 0.15) is 26.5 Å². The van der Waals surface area contributed by atoms with Gasteiger partial charge in [0.05, 0.1) is 13.2 Å². The normalized spacial score (nSPS) is 10.7. The molecule has 0 atom stereocenters. The predicted molar refractivity (Wildman–Crippen MR) is 107 cm³/mol. The molecule has 0 aliphatic heterocycles. The first-order valence-electron chi connectivity index (χ1n) is 9.20. The quantitative estimate of drug-likeness (QED) is 0.364. The lowest BCUT2D eigenvalue weighted by Gasteiger charge is -2.10. The summed E-state index contributed by atoms with van der Waals surface area (Å²) in [6.45, 7) is 2.55. The van der Waals surface area contributed by atoms with Gasteiger partial charge >= 0.3 is 17.6 Å². The molecular formula is C21H19NO9. The van der Waals surface area contributed by atoms with Crippen LogP contribution in [-0.2, 0) is 4.74 Å². The Labute approximate surface area is 175 Å². The SMILES string of the molecule is Cc1cc(=O)oc2cc(OCCOCCOc3cc(C(=O)O)nc(C(=O)O)c3)ccc12. The van der Waals surface area contributed by atoms with Gasteiger partial charge in [0, 0.05) is 29.7 Å². The Morgan fingerprint density at radius 3 is 2.13 bits per heavy atom. The van der Waals surface area contributed by atoms with Gasteiger partial charge in [0.15, 0.2) is 11.4 Å². The van der Waals surface area contributed by atoms with Crippen molar-refractivity contribution in [2.75, 3.05) is 26.4 Å². The smallest absolute Gasteiger partial charge is 0.354 e. The number of pyridine rings is 1. The van der Waals surface area contributed by atoms with E-state index in [0.717, 1.165) is 23.1 Å². The molecule has 0 radical (unpaired) electrons. The first kappa shape index (κ1) is 21.8. The Hall–Kier alpha value is -3.92. The Bertz CT molecular complexity index is 1140. The number of fused-ring (bicyclic) bond motifs is 1. The Balaban J connectivity index is 1.44. The van der Waals surface area contributed by atoms with E-state index in [0.29, 0.717) is 11.3 Å². The number of aromatic carboxylic acids is 2. The maximum absolute atomic E-state index is 11.5. The number of hydrogen-bond donors (Lipinski definition) is 2. The minimum atomic E-state index is -1.36. The third-order valence-electron chi connectivity index (χ3n) is 4.15. The molecule has 0 saturated heterocycles. The minimum Gasteiger partial charge on any atom is -0.491 e. The molecule has 0 bridgehead atoms. The van der Waals surface area contributed by atoms with Crippen LogP contribution in [0.4, 0.5) is 0 Å². The van der Waals surface area contributed by atoms with E-state index < -0.39 is 29.0 Å². The van der Waals surface area contributed by atoms with Crippen LogP contribution in [0.2, 0.25) is 0 Å². The zero-order chi connectivity index (χ0) is 22.4. The third kappa shape index (κ3) is 5.80. The van der Waals surface area contributed by atoms with Gasteiger partial charge in [-0.1, -0.05) is 0 Å². The summed E-state index contributed by atoms with van der Waals surface area (Å²) in [7, 11) is 0. The number of ether oxygens (including phenoxy) is 3. The molecule has 162 valence electrons. The molecule has 0 unspecified atom stereocenters. The maximum Gasteiger partial charge on any atom is 0.354 e. The summed E-state index contributed by atoms with van der Waals surface area (Å²) in [4.78, 5) is 37.0. The zero-order valence-electron chi connectivity index (χ0n) is 16.5. The van der Waals surface area contributed by atoms with Crippen molar-refractivity contribution in [3.8, 4) is 11.5 Å². The fourth-order valence-electron chi connectivity index (χ4n) is 2.74. The molecule has 0 fully saturated rings. The Morgan fingerprint density at radius 1 is 0.903 bits per heavy atom. The standard InChI is InChI=1S/C21H19NO9/c1-12-8-19(23)31-18-11-13(2-3-15(12)18)29-6-4-28-5-7-30-14-9-16(20(24)25)22-17(10-14)21(26)27/h2-3,8-11H,4-7H2,1H3,(H,24,25)(H,26,27). The van der Waals surface area contributed by atoms with Crippen LogP contribution in [0.5, 0.6) is 11.5 Å². The van der Waals surface area contributed by atoms with Crippen LogP contribution in [0.3, 0.4) is 0 Å². The van der Waals surface area contributed by atoms with Crippen molar-refractivity contribution in [2.24, 2.45) is 0 Å². The maximum atomic E-state index is 11.5. The van der Waals surface area contributed by atoms with E-state index in [9.17, 15) is 14.4 Å². The summed E-state index contributed by atoms with van der Waals surface area (Å²) in [6, 6.07) is 8.91. The van der Waals surface area contributed by atoms with E-state index in [1.54, 1.807) is 12.1 Å². The third-order valence-corrected chi connectivity index (χ3v) is 4.15. The summed E-state index contributed by atoms with van der Waals surface area (Å²) < 4.78 is 21.5. The Morgan fingerprint density at radius 2 is 1.52 bits per heavy atom. The van der Waals surface area contributed by atoms with Crippen LogP contribution < -0.4 is 15.1 Å². The largest absolute Gasteiger partial charge is 0.491 e. The summed E-state index contributed by atoms with van der Waals surface area (Å²) >= 11 is 0. The molecule has 2 heterocycles. The number of rotatable bonds is 10. The first-order valence-corrected chi connectivity index (χ1v) is 9.20. The molecule has 0 aliphatic carbocycles. The molecule has 31 heavy (non-hydrogen) atoms. The molecule has 1 aromatic carbocycles. The lowest BCUT2D eigenvalue weighted by Crippen LogP contribution is -2.13. The van der Waals surface area contributed by atoms with E-state index in [4.69, 9.17) is 28.8 Å². The number of carboxylic acids is 2. The molecule has 0 aliphatic rings. The van der Waals surface area contributed by atoms with Crippen LogP contribution >= 0.6 is 0 Å². The molecule has 3 rings (SSSR count). The highest BCUT2D eigenvalue weighted by Crippen LogP contribution is 2.22. The Kier molecular flexibility index (Phi) is 6.83. The summed E-state index contributed by atoms with van der Waals surface area (Å²) in [5, 5.41) is 18.8. The van der Waals surface area contributed by atoms with Gasteiger partial charge in [-0.25, -0.2) is 19.4 Å². The molecule has 0 amide bonds. The molecular weight excluding hydrogens is 410 g/mol. The van der Waals surface area contributed by atoms with E-state index in [-0.39, 0.29) is 32.2 Å². The molecule has 10 heteroatoms. The zero-order valence-corrected chi connectivity index (χ0v) is 16.5. The van der Waals surface area contributed by atoms with E-state index >= 15 is 0 Å². The van der Waals surface area contributed by atoms with E-state index in [2.05, 4.69) is 4.98 Å². The van der Waals surface area contributed by atoms with Gasteiger partial charge in [0.1, 0.15) is 30.3 Å². The average Bonchev–Trinajstić information content (AvgIpc) is 2.72. The van der Waals surface area contributed by atoms with Crippen molar-refractivity contribution in [2.45, 2.75) is 6.92 Å². The summed E-state index contributed by atoms with van der Waals surface area (Å²) in [6.07, 6.45) is 0. The molecule has 0 spiro atoms. The van der Waals surface area contributed by atoms with Crippen molar-refractivity contribution >= 4 is 22.9 Å². The highest BCUT2D eigenvalue weighted by atomic mass is 16.5. The second kappa shape index (κ2) is 9.72. The van der Waals surface area contributed by atoms with Crippen molar-refractivity contribution in [3.05, 3.63) is 63.8 Å².